The minimum atomic E-state index is -1.47. The fourth-order valence-electron chi connectivity index (χ4n) is 1.63. The van der Waals surface area contributed by atoms with E-state index < -0.39 is 27.6 Å². The molecule has 8 heteroatoms. The molecule has 0 aliphatic heterocycles. The van der Waals surface area contributed by atoms with Crippen LogP contribution in [0.5, 0.6) is 0 Å². The molecule has 1 heterocycles. The molecule has 1 aromatic rings. The molecule has 118 valence electrons. The number of halogens is 2. The second kappa shape index (κ2) is 6.83. The highest BCUT2D eigenvalue weighted by Crippen LogP contribution is 2.32. The summed E-state index contributed by atoms with van der Waals surface area (Å²) in [7, 11) is 0. The Bertz CT molecular complexity index is 539. The molecular weight excluding hydrogens is 380 g/mol. The second-order valence-electron chi connectivity index (χ2n) is 5.85. The maximum atomic E-state index is 12.4. The smallest absolute Gasteiger partial charge is 0.305 e. The molecule has 1 unspecified atom stereocenters. The predicted molar refractivity (Wildman–Crippen MR) is 87.6 cm³/mol. The van der Waals surface area contributed by atoms with Gasteiger partial charge in [-0.15, -0.1) is 4.72 Å². The molecule has 2 N–H and O–H groups in total. The Morgan fingerprint density at radius 3 is 2.52 bits per heavy atom. The number of pyridine rings is 1. The van der Waals surface area contributed by atoms with Crippen LogP contribution < -0.4 is 4.72 Å². The number of hydrogen-bond acceptors (Lipinski definition) is 4. The predicted octanol–water partition coefficient (Wildman–Crippen LogP) is 3.24. The molecule has 0 bridgehead atoms. The van der Waals surface area contributed by atoms with Crippen molar-refractivity contribution in [3.63, 3.8) is 0 Å². The van der Waals surface area contributed by atoms with Gasteiger partial charge in [0.2, 0.25) is 0 Å². The zero-order valence-corrected chi connectivity index (χ0v) is 15.4. The number of aromatic nitrogens is 1. The van der Waals surface area contributed by atoms with E-state index in [1.54, 1.807) is 39.8 Å². The van der Waals surface area contributed by atoms with Gasteiger partial charge in [-0.25, -0.2) is 4.98 Å². The maximum Gasteiger partial charge on any atom is 0.305 e. The van der Waals surface area contributed by atoms with Gasteiger partial charge in [0, 0.05) is 11.4 Å². The van der Waals surface area contributed by atoms with Crippen molar-refractivity contribution in [2.24, 2.45) is 0 Å². The number of hydrogen-bond donors (Lipinski definition) is 2. The molecule has 0 radical (unpaired) electrons. The summed E-state index contributed by atoms with van der Waals surface area (Å²) in [4.78, 5) is 15.5. The van der Waals surface area contributed by atoms with Crippen molar-refractivity contribution in [1.82, 2.24) is 9.71 Å². The lowest BCUT2D eigenvalue weighted by molar-refractivity contribution is -0.138. The molecule has 5 nitrogen and oxygen atoms in total. The van der Waals surface area contributed by atoms with Gasteiger partial charge in [-0.05, 0) is 55.8 Å². The van der Waals surface area contributed by atoms with Gasteiger partial charge < -0.3 is 9.66 Å². The third-order valence-corrected chi connectivity index (χ3v) is 5.21. The fourth-order valence-corrected chi connectivity index (χ4v) is 3.14. The van der Waals surface area contributed by atoms with Gasteiger partial charge in [-0.1, -0.05) is 11.6 Å². The Balaban J connectivity index is 3.26. The van der Waals surface area contributed by atoms with Crippen LogP contribution in [0.15, 0.2) is 16.7 Å². The molecule has 0 aliphatic carbocycles. The monoisotopic (exact) mass is 396 g/mol. The van der Waals surface area contributed by atoms with Crippen LogP contribution in [0.1, 0.15) is 39.8 Å². The lowest BCUT2D eigenvalue weighted by Gasteiger charge is -2.34. The lowest BCUT2D eigenvalue weighted by Crippen LogP contribution is -2.51. The van der Waals surface area contributed by atoms with Gasteiger partial charge in [0.1, 0.15) is 14.9 Å². The third-order valence-electron chi connectivity index (χ3n) is 2.71. The van der Waals surface area contributed by atoms with Gasteiger partial charge in [0.25, 0.3) is 0 Å². The van der Waals surface area contributed by atoms with Crippen molar-refractivity contribution >= 4 is 44.9 Å². The van der Waals surface area contributed by atoms with Gasteiger partial charge >= 0.3 is 5.97 Å². The van der Waals surface area contributed by atoms with Crippen LogP contribution in [-0.2, 0) is 21.7 Å². The molecule has 0 fully saturated rings. The molecular formula is C13H18BrClN2O3S. The number of aliphatic carboxylic acids is 1. The van der Waals surface area contributed by atoms with E-state index >= 15 is 0 Å². The average molecular weight is 398 g/mol. The average Bonchev–Trinajstić information content (AvgIpc) is 2.29. The SMILES string of the molecule is CC(CC(=O)O)(N[S@+]([O-])C(C)(C)C)c1nc(Br)ccc1Cl. The minimum Gasteiger partial charge on any atom is -0.598 e. The largest absolute Gasteiger partial charge is 0.598 e. The highest BCUT2D eigenvalue weighted by Gasteiger charge is 2.41. The standard InChI is InChI=1S/C13H18BrClN2O3S/c1-12(2,3)21(20)17-13(4,7-10(18)19)11-8(15)5-6-9(14)16-11/h5-6,17H,7H2,1-4H3,(H,18,19)/t13?,21-/m1/s1. The minimum absolute atomic E-state index is 0.294. The summed E-state index contributed by atoms with van der Waals surface area (Å²) in [5.41, 5.74) is -0.802. The molecule has 0 saturated heterocycles. The quantitative estimate of drug-likeness (QED) is 0.588. The molecule has 2 atom stereocenters. The summed E-state index contributed by atoms with van der Waals surface area (Å²) >= 11 is 7.92. The van der Waals surface area contributed by atoms with E-state index in [-0.39, 0.29) is 6.42 Å². The van der Waals surface area contributed by atoms with Crippen LogP contribution in [0.25, 0.3) is 0 Å². The maximum absolute atomic E-state index is 12.4. The first-order valence-corrected chi connectivity index (χ1v) is 8.52. The van der Waals surface area contributed by atoms with Crippen molar-refractivity contribution in [1.29, 1.82) is 0 Å². The van der Waals surface area contributed by atoms with Crippen molar-refractivity contribution in [2.45, 2.75) is 44.4 Å². The summed E-state index contributed by atoms with van der Waals surface area (Å²) in [6, 6.07) is 3.28. The van der Waals surface area contributed by atoms with Gasteiger partial charge in [0.05, 0.1) is 17.1 Å². The number of rotatable bonds is 5. The fraction of sp³-hybridized carbons (Fsp3) is 0.538. The van der Waals surface area contributed by atoms with E-state index in [0.29, 0.717) is 15.3 Å². The van der Waals surface area contributed by atoms with E-state index in [9.17, 15) is 9.35 Å². The van der Waals surface area contributed by atoms with E-state index in [4.69, 9.17) is 16.7 Å². The van der Waals surface area contributed by atoms with Crippen LogP contribution in [0.2, 0.25) is 5.02 Å². The lowest BCUT2D eigenvalue weighted by atomic mass is 9.94. The van der Waals surface area contributed by atoms with Crippen molar-refractivity contribution in [3.05, 3.63) is 27.5 Å². The van der Waals surface area contributed by atoms with E-state index in [0.717, 1.165) is 0 Å². The topological polar surface area (TPSA) is 85.3 Å². The zero-order valence-electron chi connectivity index (χ0n) is 12.2. The molecule has 1 rings (SSSR count). The van der Waals surface area contributed by atoms with E-state index in [1.807, 2.05) is 0 Å². The molecule has 0 spiro atoms. The summed E-state index contributed by atoms with van der Waals surface area (Å²) in [6.45, 7) is 7.03. The van der Waals surface area contributed by atoms with Crippen LogP contribution >= 0.6 is 27.5 Å². The first-order valence-electron chi connectivity index (χ1n) is 6.20. The molecule has 0 aliphatic rings. The van der Waals surface area contributed by atoms with Crippen LogP contribution in [0.4, 0.5) is 0 Å². The van der Waals surface area contributed by atoms with Gasteiger partial charge in [0.15, 0.2) is 0 Å². The number of carbonyl (C=O) groups is 1. The number of nitrogens with one attached hydrogen (secondary N) is 1. The van der Waals surface area contributed by atoms with Crippen LogP contribution in [-0.4, -0.2) is 25.4 Å². The number of nitrogens with zero attached hydrogens (tertiary/aromatic N) is 1. The first kappa shape index (κ1) is 18.7. The molecule has 21 heavy (non-hydrogen) atoms. The van der Waals surface area contributed by atoms with Crippen molar-refractivity contribution in [3.8, 4) is 0 Å². The highest BCUT2D eigenvalue weighted by atomic mass is 79.9. The van der Waals surface area contributed by atoms with Crippen molar-refractivity contribution in [2.75, 3.05) is 0 Å². The molecule has 0 amide bonds. The van der Waals surface area contributed by atoms with Crippen molar-refractivity contribution < 1.29 is 14.5 Å². The number of carboxylic acid groups (broad SMARTS) is 1. The summed E-state index contributed by atoms with van der Waals surface area (Å²) < 4.78 is 15.2. The Morgan fingerprint density at radius 2 is 2.05 bits per heavy atom. The second-order valence-corrected chi connectivity index (χ2v) is 9.04. The number of carboxylic acids is 1. The van der Waals surface area contributed by atoms with E-state index in [2.05, 4.69) is 25.6 Å². The molecule has 0 saturated carbocycles. The molecule has 1 aromatic heterocycles. The van der Waals surface area contributed by atoms with Crippen LogP contribution in [0.3, 0.4) is 0 Å². The van der Waals surface area contributed by atoms with Gasteiger partial charge in [-0.3, -0.25) is 4.79 Å². The normalized spacial score (nSPS) is 16.3. The Labute approximate surface area is 140 Å². The summed E-state index contributed by atoms with van der Waals surface area (Å²) in [6.07, 6.45) is -0.294. The Hall–Kier alpha value is -0.340. The Morgan fingerprint density at radius 1 is 1.48 bits per heavy atom. The highest BCUT2D eigenvalue weighted by molar-refractivity contribution is 9.10. The van der Waals surface area contributed by atoms with Crippen LogP contribution in [0, 0.1) is 0 Å². The van der Waals surface area contributed by atoms with E-state index in [1.165, 1.54) is 0 Å². The first-order chi connectivity index (χ1) is 9.45. The Kier molecular flexibility index (Phi) is 6.08. The zero-order chi connectivity index (χ0) is 16.4. The summed E-state index contributed by atoms with van der Waals surface area (Å²) in [5.74, 6) is -1.03. The molecule has 0 aromatic carbocycles. The van der Waals surface area contributed by atoms with Gasteiger partial charge in [-0.2, -0.15) is 0 Å². The third kappa shape index (κ3) is 5.10. The summed E-state index contributed by atoms with van der Waals surface area (Å²) in [5, 5.41) is 9.48.